The molecule has 2 aromatic heterocycles. The zero-order chi connectivity index (χ0) is 13.4. The molecule has 0 bridgehead atoms. The van der Waals surface area contributed by atoms with Gasteiger partial charge in [-0.05, 0) is 25.1 Å². The van der Waals surface area contributed by atoms with Crippen LogP contribution >= 0.6 is 0 Å². The van der Waals surface area contributed by atoms with Crippen molar-refractivity contribution in [2.45, 2.75) is 6.92 Å². The van der Waals surface area contributed by atoms with Crippen molar-refractivity contribution < 1.29 is 9.90 Å². The smallest absolute Gasteiger partial charge is 0.337 e. The lowest BCUT2D eigenvalue weighted by Gasteiger charge is -2.03. The molecule has 0 unspecified atom stereocenters. The summed E-state index contributed by atoms with van der Waals surface area (Å²) in [5.41, 5.74) is 3.56. The van der Waals surface area contributed by atoms with Gasteiger partial charge in [-0.1, -0.05) is 18.2 Å². The molecule has 4 heteroatoms. The van der Waals surface area contributed by atoms with Gasteiger partial charge in [0.05, 0.1) is 17.0 Å². The first-order valence-corrected chi connectivity index (χ1v) is 5.94. The van der Waals surface area contributed by atoms with Crippen LogP contribution in [0, 0.1) is 6.92 Å². The summed E-state index contributed by atoms with van der Waals surface area (Å²) < 4.78 is 0. The number of nitrogens with zero attached hydrogens (tertiary/aromatic N) is 1. The minimum atomic E-state index is -0.949. The topological polar surface area (TPSA) is 66.0 Å². The number of hydrogen-bond acceptors (Lipinski definition) is 2. The SMILES string of the molecule is Cc1nc(-c2c[nH]c3ccccc23)ccc1C(=O)O. The minimum Gasteiger partial charge on any atom is -0.478 e. The summed E-state index contributed by atoms with van der Waals surface area (Å²) in [5.74, 6) is -0.949. The molecule has 1 aromatic carbocycles. The van der Waals surface area contributed by atoms with Crippen LogP contribution in [0.1, 0.15) is 16.1 Å². The largest absolute Gasteiger partial charge is 0.478 e. The average molecular weight is 252 g/mol. The summed E-state index contributed by atoms with van der Waals surface area (Å²) in [6.07, 6.45) is 1.90. The number of hydrogen-bond donors (Lipinski definition) is 2. The lowest BCUT2D eigenvalue weighted by molar-refractivity contribution is 0.0695. The van der Waals surface area contributed by atoms with Crippen LogP contribution in [0.4, 0.5) is 0 Å². The molecule has 4 nitrogen and oxygen atoms in total. The molecule has 2 heterocycles. The Balaban J connectivity index is 2.17. The third-order valence-corrected chi connectivity index (χ3v) is 3.18. The van der Waals surface area contributed by atoms with Crippen molar-refractivity contribution in [3.8, 4) is 11.3 Å². The van der Waals surface area contributed by atoms with Crippen LogP contribution in [0.2, 0.25) is 0 Å². The van der Waals surface area contributed by atoms with Crippen molar-refractivity contribution in [3.05, 3.63) is 53.9 Å². The van der Waals surface area contributed by atoms with Crippen molar-refractivity contribution in [3.63, 3.8) is 0 Å². The van der Waals surface area contributed by atoms with Crippen LogP contribution in [0.5, 0.6) is 0 Å². The summed E-state index contributed by atoms with van der Waals surface area (Å²) >= 11 is 0. The van der Waals surface area contributed by atoms with E-state index in [4.69, 9.17) is 5.11 Å². The third-order valence-electron chi connectivity index (χ3n) is 3.18. The van der Waals surface area contributed by atoms with Crippen molar-refractivity contribution in [1.29, 1.82) is 0 Å². The van der Waals surface area contributed by atoms with Gasteiger partial charge in [0.15, 0.2) is 0 Å². The van der Waals surface area contributed by atoms with Gasteiger partial charge in [0, 0.05) is 22.7 Å². The van der Waals surface area contributed by atoms with Gasteiger partial charge in [-0.15, -0.1) is 0 Å². The highest BCUT2D eigenvalue weighted by Gasteiger charge is 2.11. The van der Waals surface area contributed by atoms with Gasteiger partial charge in [-0.25, -0.2) is 4.79 Å². The first-order valence-electron chi connectivity index (χ1n) is 5.94. The zero-order valence-corrected chi connectivity index (χ0v) is 10.3. The number of pyridine rings is 1. The number of aromatic nitrogens is 2. The number of aromatic carboxylic acids is 1. The molecule has 0 radical (unpaired) electrons. The third kappa shape index (κ3) is 1.87. The van der Waals surface area contributed by atoms with E-state index >= 15 is 0 Å². The summed E-state index contributed by atoms with van der Waals surface area (Å²) in [6, 6.07) is 11.3. The number of carboxylic acid groups (broad SMARTS) is 1. The fraction of sp³-hybridized carbons (Fsp3) is 0.0667. The van der Waals surface area contributed by atoms with E-state index in [1.165, 1.54) is 0 Å². The van der Waals surface area contributed by atoms with E-state index < -0.39 is 5.97 Å². The highest BCUT2D eigenvalue weighted by Crippen LogP contribution is 2.27. The molecule has 0 spiro atoms. The minimum absolute atomic E-state index is 0.239. The highest BCUT2D eigenvalue weighted by molar-refractivity contribution is 5.95. The van der Waals surface area contributed by atoms with Crippen LogP contribution in [-0.2, 0) is 0 Å². The fourth-order valence-electron chi connectivity index (χ4n) is 2.22. The van der Waals surface area contributed by atoms with Crippen molar-refractivity contribution in [1.82, 2.24) is 9.97 Å². The molecule has 0 fully saturated rings. The maximum atomic E-state index is 11.0. The van der Waals surface area contributed by atoms with Crippen LogP contribution in [-0.4, -0.2) is 21.0 Å². The van der Waals surface area contributed by atoms with Gasteiger partial charge < -0.3 is 10.1 Å². The molecular formula is C15H12N2O2. The number of carboxylic acids is 1. The number of para-hydroxylation sites is 1. The Kier molecular flexibility index (Phi) is 2.56. The molecule has 2 N–H and O–H groups in total. The Morgan fingerprint density at radius 2 is 2.00 bits per heavy atom. The second-order valence-electron chi connectivity index (χ2n) is 4.38. The Morgan fingerprint density at radius 1 is 1.21 bits per heavy atom. The Labute approximate surface area is 109 Å². The monoisotopic (exact) mass is 252 g/mol. The number of H-pyrrole nitrogens is 1. The maximum absolute atomic E-state index is 11.0. The number of fused-ring (bicyclic) bond motifs is 1. The molecule has 94 valence electrons. The average Bonchev–Trinajstić information content (AvgIpc) is 2.82. The Hall–Kier alpha value is -2.62. The molecule has 3 aromatic rings. The summed E-state index contributed by atoms with van der Waals surface area (Å²) in [4.78, 5) is 18.6. The molecule has 0 saturated carbocycles. The lowest BCUT2D eigenvalue weighted by atomic mass is 10.1. The standard InChI is InChI=1S/C15H12N2O2/c1-9-10(15(18)19)6-7-14(17-9)12-8-16-13-5-3-2-4-11(12)13/h2-8,16H,1H3,(H,18,19). The quantitative estimate of drug-likeness (QED) is 0.735. The molecule has 0 aliphatic heterocycles. The van der Waals surface area contributed by atoms with Crippen molar-refractivity contribution in [2.75, 3.05) is 0 Å². The lowest BCUT2D eigenvalue weighted by Crippen LogP contribution is -2.01. The highest BCUT2D eigenvalue weighted by atomic mass is 16.4. The number of benzene rings is 1. The van der Waals surface area contributed by atoms with Crippen LogP contribution in [0.15, 0.2) is 42.6 Å². The van der Waals surface area contributed by atoms with E-state index in [1.54, 1.807) is 19.1 Å². The Morgan fingerprint density at radius 3 is 2.74 bits per heavy atom. The summed E-state index contributed by atoms with van der Waals surface area (Å²) in [5, 5.41) is 10.1. The first-order chi connectivity index (χ1) is 9.16. The van der Waals surface area contributed by atoms with Crippen LogP contribution in [0.25, 0.3) is 22.2 Å². The molecule has 0 aliphatic carbocycles. The molecular weight excluding hydrogens is 240 g/mol. The van der Waals surface area contributed by atoms with Crippen LogP contribution < -0.4 is 0 Å². The van der Waals surface area contributed by atoms with Gasteiger partial charge in [0.1, 0.15) is 0 Å². The van der Waals surface area contributed by atoms with E-state index in [0.29, 0.717) is 5.69 Å². The van der Waals surface area contributed by atoms with Crippen molar-refractivity contribution in [2.24, 2.45) is 0 Å². The summed E-state index contributed by atoms with van der Waals surface area (Å²) in [6.45, 7) is 1.71. The van der Waals surface area contributed by atoms with Gasteiger partial charge in [0.25, 0.3) is 0 Å². The Bertz CT molecular complexity index is 775. The predicted molar refractivity (Wildman–Crippen MR) is 73.2 cm³/mol. The fourth-order valence-corrected chi connectivity index (χ4v) is 2.22. The van der Waals surface area contributed by atoms with E-state index in [-0.39, 0.29) is 5.56 Å². The molecule has 0 saturated heterocycles. The number of aryl methyl sites for hydroxylation is 1. The second kappa shape index (κ2) is 4.24. The van der Waals surface area contributed by atoms with E-state index in [2.05, 4.69) is 9.97 Å². The predicted octanol–water partition coefficient (Wildman–Crippen LogP) is 3.24. The van der Waals surface area contributed by atoms with E-state index in [1.807, 2.05) is 30.5 Å². The number of rotatable bonds is 2. The van der Waals surface area contributed by atoms with Gasteiger partial charge >= 0.3 is 5.97 Å². The van der Waals surface area contributed by atoms with Crippen molar-refractivity contribution >= 4 is 16.9 Å². The number of aromatic amines is 1. The molecule has 19 heavy (non-hydrogen) atoms. The van der Waals surface area contributed by atoms with Gasteiger partial charge in [0.2, 0.25) is 0 Å². The van der Waals surface area contributed by atoms with Crippen LogP contribution in [0.3, 0.4) is 0 Å². The second-order valence-corrected chi connectivity index (χ2v) is 4.38. The molecule has 0 amide bonds. The van der Waals surface area contributed by atoms with E-state index in [0.717, 1.165) is 22.2 Å². The van der Waals surface area contributed by atoms with Gasteiger partial charge in [-0.2, -0.15) is 0 Å². The van der Waals surface area contributed by atoms with E-state index in [9.17, 15) is 4.79 Å². The normalized spacial score (nSPS) is 10.8. The maximum Gasteiger partial charge on any atom is 0.337 e. The summed E-state index contributed by atoms with van der Waals surface area (Å²) in [7, 11) is 0. The molecule has 0 aliphatic rings. The first kappa shape index (κ1) is 11.5. The zero-order valence-electron chi connectivity index (χ0n) is 10.3. The number of carbonyl (C=O) groups is 1. The van der Waals surface area contributed by atoms with Gasteiger partial charge in [-0.3, -0.25) is 4.98 Å². The molecule has 0 atom stereocenters. The number of nitrogens with one attached hydrogen (secondary N) is 1. The molecule has 3 rings (SSSR count).